The highest BCUT2D eigenvalue weighted by molar-refractivity contribution is 7.92. The van der Waals surface area contributed by atoms with Crippen molar-refractivity contribution in [3.8, 4) is 0 Å². The summed E-state index contributed by atoms with van der Waals surface area (Å²) in [5, 5.41) is 2.23. The van der Waals surface area contributed by atoms with E-state index in [2.05, 4.69) is 15.3 Å². The van der Waals surface area contributed by atoms with Gasteiger partial charge in [-0.2, -0.15) is 0 Å². The van der Waals surface area contributed by atoms with E-state index in [1.54, 1.807) is 12.1 Å². The van der Waals surface area contributed by atoms with E-state index in [9.17, 15) is 26.4 Å². The van der Waals surface area contributed by atoms with E-state index in [0.29, 0.717) is 42.6 Å². The van der Waals surface area contributed by atoms with Crippen LogP contribution in [0.4, 0.5) is 5.82 Å². The largest absolute Gasteiger partial charge is 0.309 e. The second-order valence-corrected chi connectivity index (χ2v) is 14.4. The van der Waals surface area contributed by atoms with Crippen molar-refractivity contribution in [1.82, 2.24) is 9.97 Å². The lowest BCUT2D eigenvalue weighted by atomic mass is 9.86. The summed E-state index contributed by atoms with van der Waals surface area (Å²) in [6, 6.07) is 5.24. The van der Waals surface area contributed by atoms with Crippen molar-refractivity contribution in [3.05, 3.63) is 41.7 Å². The molecule has 1 aromatic heterocycles. The van der Waals surface area contributed by atoms with Crippen LogP contribution in [-0.4, -0.2) is 50.0 Å². The summed E-state index contributed by atoms with van der Waals surface area (Å²) in [6.07, 6.45) is 8.64. The number of rotatable bonds is 9. The standard InChI is InChI=1S/C25H29N3O6S2/c1-35(31,32)24-14-26-23(13-27-24)28-25(30)21(11-15-2-6-18(29)10-15)17-5-9-22(20(12-17)16-3-4-16)36(33,34)19-7-8-19/h5,9,12-16,19,21H,2-4,6-8,10-11H2,1H3,(H,26,28,30)/t15-,21+/m0/s1. The molecule has 2 aromatic rings. The van der Waals surface area contributed by atoms with Crippen LogP contribution >= 0.6 is 0 Å². The molecule has 0 radical (unpaired) electrons. The molecule has 3 aliphatic rings. The number of aromatic nitrogens is 2. The number of sulfone groups is 2. The summed E-state index contributed by atoms with van der Waals surface area (Å²) < 4.78 is 49.4. The first-order valence-corrected chi connectivity index (χ1v) is 15.7. The number of carbonyl (C=O) groups excluding carboxylic acids is 2. The van der Waals surface area contributed by atoms with Crippen molar-refractivity contribution in [3.63, 3.8) is 0 Å². The highest BCUT2D eigenvalue weighted by atomic mass is 32.2. The van der Waals surface area contributed by atoms with Gasteiger partial charge in [0.05, 0.1) is 28.5 Å². The number of hydrogen-bond donors (Lipinski definition) is 1. The van der Waals surface area contributed by atoms with Crippen LogP contribution in [0.3, 0.4) is 0 Å². The fourth-order valence-corrected chi connectivity index (χ4v) is 7.34. The van der Waals surface area contributed by atoms with Gasteiger partial charge in [0.15, 0.2) is 30.5 Å². The van der Waals surface area contributed by atoms with Gasteiger partial charge < -0.3 is 5.32 Å². The number of hydrogen-bond acceptors (Lipinski definition) is 8. The number of anilines is 1. The Labute approximate surface area is 211 Å². The fourth-order valence-electron chi connectivity index (χ4n) is 4.92. The first-order chi connectivity index (χ1) is 17.0. The van der Waals surface area contributed by atoms with Gasteiger partial charge in [0, 0.05) is 19.1 Å². The molecular weight excluding hydrogens is 502 g/mol. The van der Waals surface area contributed by atoms with Crippen LogP contribution < -0.4 is 5.32 Å². The molecular formula is C25H29N3O6S2. The molecule has 5 rings (SSSR count). The number of nitrogens with zero attached hydrogens (tertiary/aromatic N) is 2. The molecule has 1 heterocycles. The molecule has 36 heavy (non-hydrogen) atoms. The predicted molar refractivity (Wildman–Crippen MR) is 132 cm³/mol. The second kappa shape index (κ2) is 9.33. The van der Waals surface area contributed by atoms with Crippen LogP contribution in [-0.2, 0) is 29.3 Å². The fraction of sp³-hybridized carbons (Fsp3) is 0.520. The zero-order valence-corrected chi connectivity index (χ0v) is 21.6. The number of ketones is 1. The molecule has 192 valence electrons. The highest BCUT2D eigenvalue weighted by Crippen LogP contribution is 2.47. The summed E-state index contributed by atoms with van der Waals surface area (Å²) in [4.78, 5) is 33.6. The zero-order chi connectivity index (χ0) is 25.7. The van der Waals surface area contributed by atoms with Crippen LogP contribution in [0.5, 0.6) is 0 Å². The predicted octanol–water partition coefficient (Wildman–Crippen LogP) is 3.18. The van der Waals surface area contributed by atoms with Crippen molar-refractivity contribution in [2.24, 2.45) is 5.92 Å². The van der Waals surface area contributed by atoms with E-state index in [4.69, 9.17) is 0 Å². The van der Waals surface area contributed by atoms with Crippen LogP contribution in [0.25, 0.3) is 0 Å². The quantitative estimate of drug-likeness (QED) is 0.520. The molecule has 11 heteroatoms. The molecule has 3 saturated carbocycles. The van der Waals surface area contributed by atoms with Crippen LogP contribution in [0.2, 0.25) is 0 Å². The monoisotopic (exact) mass is 531 g/mol. The molecule has 0 aliphatic heterocycles. The molecule has 2 atom stereocenters. The maximum Gasteiger partial charge on any atom is 0.233 e. The lowest BCUT2D eigenvalue weighted by molar-refractivity contribution is -0.119. The third-order valence-corrected chi connectivity index (χ3v) is 10.5. The highest BCUT2D eigenvalue weighted by Gasteiger charge is 2.41. The maximum absolute atomic E-state index is 13.5. The molecule has 9 nitrogen and oxygen atoms in total. The van der Waals surface area contributed by atoms with Gasteiger partial charge in [-0.1, -0.05) is 12.1 Å². The van der Waals surface area contributed by atoms with Crippen molar-refractivity contribution in [2.75, 3.05) is 11.6 Å². The third-order valence-electron chi connectivity index (χ3n) is 7.22. The number of amides is 1. The van der Waals surface area contributed by atoms with Crippen LogP contribution in [0, 0.1) is 5.92 Å². The normalized spacial score (nSPS) is 21.4. The van der Waals surface area contributed by atoms with Crippen molar-refractivity contribution >= 4 is 37.2 Å². The van der Waals surface area contributed by atoms with E-state index in [0.717, 1.165) is 37.3 Å². The summed E-state index contributed by atoms with van der Waals surface area (Å²) in [5.74, 6) is -0.421. The Bertz CT molecular complexity index is 1410. The zero-order valence-electron chi connectivity index (χ0n) is 20.0. The van der Waals surface area contributed by atoms with Crippen molar-refractivity contribution in [1.29, 1.82) is 0 Å². The Morgan fingerprint density at radius 3 is 2.36 bits per heavy atom. The minimum absolute atomic E-state index is 0.0613. The molecule has 0 unspecified atom stereocenters. The Hall–Kier alpha value is -2.66. The first-order valence-electron chi connectivity index (χ1n) is 12.2. The first kappa shape index (κ1) is 25.0. The van der Waals surface area contributed by atoms with E-state index >= 15 is 0 Å². The topological polar surface area (TPSA) is 140 Å². The summed E-state index contributed by atoms with van der Waals surface area (Å²) in [6.45, 7) is 0. The minimum atomic E-state index is -3.52. The van der Waals surface area contributed by atoms with Gasteiger partial charge in [0.25, 0.3) is 0 Å². The Morgan fingerprint density at radius 2 is 1.81 bits per heavy atom. The van der Waals surface area contributed by atoms with E-state index in [1.165, 1.54) is 6.20 Å². The van der Waals surface area contributed by atoms with Crippen molar-refractivity contribution < 1.29 is 26.4 Å². The Kier molecular flexibility index (Phi) is 6.48. The molecule has 0 saturated heterocycles. The molecule has 0 bridgehead atoms. The second-order valence-electron chi connectivity index (χ2n) is 10.3. The van der Waals surface area contributed by atoms with Gasteiger partial charge in [0.2, 0.25) is 5.91 Å². The summed E-state index contributed by atoms with van der Waals surface area (Å²) in [5.41, 5.74) is 1.50. The van der Waals surface area contributed by atoms with E-state index in [1.807, 2.05) is 6.07 Å². The maximum atomic E-state index is 13.5. The van der Waals surface area contributed by atoms with Crippen LogP contribution in [0.1, 0.15) is 74.3 Å². The molecule has 3 fully saturated rings. The molecule has 1 amide bonds. The lowest BCUT2D eigenvalue weighted by Gasteiger charge is -2.22. The van der Waals surface area contributed by atoms with Gasteiger partial charge in [-0.05, 0) is 67.6 Å². The number of nitrogens with one attached hydrogen (secondary N) is 1. The number of Topliss-reactive ketones (excluding diaryl/α,β-unsaturated/α-hetero) is 1. The molecule has 1 N–H and O–H groups in total. The average Bonchev–Trinajstić information content (AvgIpc) is 3.74. The van der Waals surface area contributed by atoms with Crippen LogP contribution in [0.15, 0.2) is 40.5 Å². The smallest absolute Gasteiger partial charge is 0.233 e. The molecule has 0 spiro atoms. The van der Waals surface area contributed by atoms with E-state index in [-0.39, 0.29) is 39.6 Å². The van der Waals surface area contributed by atoms with E-state index < -0.39 is 25.6 Å². The Balaban J connectivity index is 1.45. The SMILES string of the molecule is CS(=O)(=O)c1cnc(NC(=O)[C@H](C[C@H]2CCC(=O)C2)c2ccc(S(=O)(=O)C3CC3)c(C3CC3)c2)cn1. The number of benzene rings is 1. The average molecular weight is 532 g/mol. The van der Waals surface area contributed by atoms with Gasteiger partial charge in [-0.15, -0.1) is 0 Å². The number of carbonyl (C=O) groups is 2. The lowest BCUT2D eigenvalue weighted by Crippen LogP contribution is -2.24. The van der Waals surface area contributed by atoms with Gasteiger partial charge >= 0.3 is 0 Å². The molecule has 3 aliphatic carbocycles. The van der Waals surface area contributed by atoms with Crippen molar-refractivity contribution in [2.45, 2.75) is 78.4 Å². The minimum Gasteiger partial charge on any atom is -0.309 e. The third kappa shape index (κ3) is 5.36. The van der Waals surface area contributed by atoms with Gasteiger partial charge in [0.1, 0.15) is 5.78 Å². The summed E-state index contributed by atoms with van der Waals surface area (Å²) >= 11 is 0. The molecule has 1 aromatic carbocycles. The Morgan fingerprint density at radius 1 is 1.06 bits per heavy atom. The summed E-state index contributed by atoms with van der Waals surface area (Å²) in [7, 11) is -6.89. The van der Waals surface area contributed by atoms with Gasteiger partial charge in [-0.3, -0.25) is 9.59 Å². The van der Waals surface area contributed by atoms with Gasteiger partial charge in [-0.25, -0.2) is 26.8 Å².